The summed E-state index contributed by atoms with van der Waals surface area (Å²) in [6, 6.07) is 21.7. The van der Waals surface area contributed by atoms with Crippen LogP contribution in [0.1, 0.15) is 52.4 Å². The Morgan fingerprint density at radius 2 is 1.55 bits per heavy atom. The zero-order chi connectivity index (χ0) is 23.4. The highest BCUT2D eigenvalue weighted by Crippen LogP contribution is 2.29. The van der Waals surface area contributed by atoms with Crippen LogP contribution in [0.25, 0.3) is 0 Å². The average Bonchev–Trinajstić information content (AvgIpc) is 2.84. The van der Waals surface area contributed by atoms with Gasteiger partial charge in [0, 0.05) is 18.7 Å². The topological polar surface area (TPSA) is 66.5 Å². The molecule has 0 unspecified atom stereocenters. The van der Waals surface area contributed by atoms with Gasteiger partial charge in [-0.3, -0.25) is 4.79 Å². The first-order valence-corrected chi connectivity index (χ1v) is 12.9. The number of amides is 1. The lowest BCUT2D eigenvalue weighted by Crippen LogP contribution is -2.36. The molecule has 1 heterocycles. The third-order valence-corrected chi connectivity index (χ3v) is 8.33. The Morgan fingerprint density at radius 3 is 2.21 bits per heavy atom. The van der Waals surface area contributed by atoms with Crippen molar-refractivity contribution in [1.82, 2.24) is 9.62 Å². The maximum absolute atomic E-state index is 13.3. The lowest BCUT2D eigenvalue weighted by molar-refractivity contribution is 0.0942. The minimum atomic E-state index is -3.76. The molecule has 1 fully saturated rings. The number of carbonyl (C=O) groups is 1. The van der Waals surface area contributed by atoms with Crippen LogP contribution < -0.4 is 5.32 Å². The summed E-state index contributed by atoms with van der Waals surface area (Å²) in [6.07, 6.45) is 2.67. The number of aryl methyl sites for hydroxylation is 1. The van der Waals surface area contributed by atoms with Crippen LogP contribution in [0, 0.1) is 6.92 Å². The maximum Gasteiger partial charge on any atom is 0.252 e. The van der Waals surface area contributed by atoms with Gasteiger partial charge in [0.15, 0.2) is 0 Å². The summed E-state index contributed by atoms with van der Waals surface area (Å²) in [5.74, 6) is -0.365. The molecule has 1 aliphatic rings. The molecule has 0 bridgehead atoms. The van der Waals surface area contributed by atoms with Crippen LogP contribution in [0.4, 0.5) is 0 Å². The van der Waals surface area contributed by atoms with Crippen molar-refractivity contribution in [3.8, 4) is 0 Å². The normalized spacial score (nSPS) is 15.7. The van der Waals surface area contributed by atoms with Gasteiger partial charge in [-0.25, -0.2) is 8.42 Å². The molecule has 3 aromatic rings. The van der Waals surface area contributed by atoms with Gasteiger partial charge in [-0.1, -0.05) is 78.2 Å². The van der Waals surface area contributed by atoms with Crippen molar-refractivity contribution in [2.75, 3.05) is 13.1 Å². The summed E-state index contributed by atoms with van der Waals surface area (Å²) in [5.41, 5.74) is 3.25. The van der Waals surface area contributed by atoms with Gasteiger partial charge in [0.25, 0.3) is 5.91 Å². The average molecular weight is 483 g/mol. The lowest BCUT2D eigenvalue weighted by Gasteiger charge is -2.26. The first-order chi connectivity index (χ1) is 15.9. The van der Waals surface area contributed by atoms with E-state index in [1.165, 1.54) is 16.4 Å². The van der Waals surface area contributed by atoms with Crippen LogP contribution in [-0.4, -0.2) is 31.7 Å². The zero-order valence-electron chi connectivity index (χ0n) is 18.5. The van der Waals surface area contributed by atoms with Gasteiger partial charge >= 0.3 is 0 Å². The van der Waals surface area contributed by atoms with E-state index in [-0.39, 0.29) is 27.4 Å². The molecular weight excluding hydrogens is 456 g/mol. The highest BCUT2D eigenvalue weighted by atomic mass is 35.5. The van der Waals surface area contributed by atoms with E-state index in [0.717, 1.165) is 36.0 Å². The summed E-state index contributed by atoms with van der Waals surface area (Å²) >= 11 is 6.28. The fourth-order valence-corrected chi connectivity index (χ4v) is 6.08. The molecule has 0 aliphatic carbocycles. The predicted molar refractivity (Wildman–Crippen MR) is 131 cm³/mol. The zero-order valence-corrected chi connectivity index (χ0v) is 20.1. The number of nitrogens with zero attached hydrogens (tertiary/aromatic N) is 1. The number of benzene rings is 3. The summed E-state index contributed by atoms with van der Waals surface area (Å²) < 4.78 is 27.8. The number of hydrogen-bond donors (Lipinski definition) is 1. The van der Waals surface area contributed by atoms with Crippen LogP contribution in [0.15, 0.2) is 77.7 Å². The third-order valence-electron chi connectivity index (χ3n) is 5.95. The Hall–Kier alpha value is -2.67. The summed E-state index contributed by atoms with van der Waals surface area (Å²) in [6.45, 7) is 2.95. The molecule has 7 heteroatoms. The second kappa shape index (κ2) is 10.1. The van der Waals surface area contributed by atoms with Gasteiger partial charge in [-0.05, 0) is 49.1 Å². The second-order valence-electron chi connectivity index (χ2n) is 8.34. The Labute approximate surface area is 200 Å². The molecule has 1 saturated heterocycles. The van der Waals surface area contributed by atoms with Crippen LogP contribution in [0.2, 0.25) is 5.02 Å². The highest BCUT2D eigenvalue weighted by Gasteiger charge is 2.29. The molecule has 0 spiro atoms. The summed E-state index contributed by atoms with van der Waals surface area (Å²) in [5, 5.41) is 3.19. The van der Waals surface area contributed by atoms with E-state index in [4.69, 9.17) is 11.6 Å². The van der Waals surface area contributed by atoms with Gasteiger partial charge in [-0.2, -0.15) is 4.31 Å². The fourth-order valence-electron chi connectivity index (χ4n) is 4.06. The van der Waals surface area contributed by atoms with Crippen molar-refractivity contribution < 1.29 is 13.2 Å². The van der Waals surface area contributed by atoms with Gasteiger partial charge in [0.05, 0.1) is 11.1 Å². The SMILES string of the molecule is Cc1ccc([C@@H](NC(=O)c2ccc(Cl)c(S(=O)(=O)N3CCCCC3)c2)c2ccccc2)cc1. The van der Waals surface area contributed by atoms with Gasteiger partial charge in [0.1, 0.15) is 4.90 Å². The van der Waals surface area contributed by atoms with E-state index in [0.29, 0.717) is 13.1 Å². The van der Waals surface area contributed by atoms with Crippen molar-refractivity contribution >= 4 is 27.5 Å². The van der Waals surface area contributed by atoms with Crippen LogP contribution in [0.5, 0.6) is 0 Å². The van der Waals surface area contributed by atoms with Gasteiger partial charge < -0.3 is 5.32 Å². The number of rotatable bonds is 6. The van der Waals surface area contributed by atoms with E-state index in [1.54, 1.807) is 6.07 Å². The Bertz CT molecular complexity index is 1220. The molecular formula is C26H27ClN2O3S. The van der Waals surface area contributed by atoms with Gasteiger partial charge in [0.2, 0.25) is 10.0 Å². The Morgan fingerprint density at radius 1 is 0.909 bits per heavy atom. The summed E-state index contributed by atoms with van der Waals surface area (Å²) in [7, 11) is -3.76. The van der Waals surface area contributed by atoms with Crippen LogP contribution in [-0.2, 0) is 10.0 Å². The molecule has 4 rings (SSSR count). The third kappa shape index (κ3) is 5.29. The van der Waals surface area contributed by atoms with E-state index < -0.39 is 10.0 Å². The number of piperidine rings is 1. The monoisotopic (exact) mass is 482 g/mol. The molecule has 1 atom stereocenters. The molecule has 33 heavy (non-hydrogen) atoms. The molecule has 5 nitrogen and oxygen atoms in total. The minimum absolute atomic E-state index is 0.0229. The lowest BCUT2D eigenvalue weighted by atomic mass is 9.97. The number of hydrogen-bond acceptors (Lipinski definition) is 3. The van der Waals surface area contributed by atoms with E-state index in [9.17, 15) is 13.2 Å². The standard InChI is InChI=1S/C26H27ClN2O3S/c1-19-10-12-21(13-11-19)25(20-8-4-2-5-9-20)28-26(30)22-14-15-23(27)24(18-22)33(31,32)29-16-6-3-7-17-29/h2,4-5,8-15,18,25H,3,6-7,16-17H2,1H3,(H,28,30)/t25-/m0/s1. The van der Waals surface area contributed by atoms with Crippen molar-refractivity contribution in [2.24, 2.45) is 0 Å². The van der Waals surface area contributed by atoms with Crippen LogP contribution >= 0.6 is 11.6 Å². The fraction of sp³-hybridized carbons (Fsp3) is 0.269. The Balaban J connectivity index is 1.65. The van der Waals surface area contributed by atoms with Crippen molar-refractivity contribution in [1.29, 1.82) is 0 Å². The number of carbonyl (C=O) groups excluding carboxylic acids is 1. The van der Waals surface area contributed by atoms with Crippen LogP contribution in [0.3, 0.4) is 0 Å². The molecule has 0 aromatic heterocycles. The van der Waals surface area contributed by atoms with E-state index >= 15 is 0 Å². The molecule has 1 aliphatic heterocycles. The van der Waals surface area contributed by atoms with E-state index in [2.05, 4.69) is 5.32 Å². The maximum atomic E-state index is 13.3. The van der Waals surface area contributed by atoms with Crippen molar-refractivity contribution in [2.45, 2.75) is 37.1 Å². The largest absolute Gasteiger partial charge is 0.341 e. The Kier molecular flexibility index (Phi) is 7.17. The first-order valence-electron chi connectivity index (χ1n) is 11.1. The summed E-state index contributed by atoms with van der Waals surface area (Å²) in [4.78, 5) is 13.2. The minimum Gasteiger partial charge on any atom is -0.341 e. The number of nitrogens with one attached hydrogen (secondary N) is 1. The predicted octanol–water partition coefficient (Wildman–Crippen LogP) is 5.34. The molecule has 0 saturated carbocycles. The van der Waals surface area contributed by atoms with Crippen molar-refractivity contribution in [3.05, 3.63) is 100 Å². The molecule has 172 valence electrons. The quantitative estimate of drug-likeness (QED) is 0.515. The molecule has 1 N–H and O–H groups in total. The molecule has 1 amide bonds. The number of halogens is 1. The number of sulfonamides is 1. The molecule has 0 radical (unpaired) electrons. The van der Waals surface area contributed by atoms with Gasteiger partial charge in [-0.15, -0.1) is 0 Å². The molecule has 3 aromatic carbocycles. The smallest absolute Gasteiger partial charge is 0.252 e. The van der Waals surface area contributed by atoms with Crippen molar-refractivity contribution in [3.63, 3.8) is 0 Å². The van der Waals surface area contributed by atoms with E-state index in [1.807, 2.05) is 61.5 Å². The second-order valence-corrected chi connectivity index (χ2v) is 10.7. The first kappa shape index (κ1) is 23.5. The highest BCUT2D eigenvalue weighted by molar-refractivity contribution is 7.89.